The number of carbonyl (C=O) groups is 5. The number of amides is 4. The molecule has 5 atom stereocenters. The number of thiol groups is 1. The number of hydrogen-bond donors (Lipinski definition) is 8. The molecule has 0 saturated carbocycles. The maximum Gasteiger partial charge on any atom is 0.328 e. The van der Waals surface area contributed by atoms with Crippen LogP contribution >= 0.6 is 12.6 Å². The van der Waals surface area contributed by atoms with Gasteiger partial charge in [-0.15, -0.1) is 0 Å². The van der Waals surface area contributed by atoms with E-state index in [1.165, 1.54) is 0 Å². The van der Waals surface area contributed by atoms with Gasteiger partial charge in [0.05, 0.1) is 18.6 Å². The van der Waals surface area contributed by atoms with E-state index in [0.29, 0.717) is 13.0 Å². The first kappa shape index (κ1) is 24.7. The predicted octanol–water partition coefficient (Wildman–Crippen LogP) is -3.54. The summed E-state index contributed by atoms with van der Waals surface area (Å²) < 4.78 is 0. The minimum Gasteiger partial charge on any atom is -0.480 e. The highest BCUT2D eigenvalue weighted by Gasteiger charge is 2.32. The zero-order chi connectivity index (χ0) is 22.1. The summed E-state index contributed by atoms with van der Waals surface area (Å²) in [6.07, 6.45) is -0.592. The fraction of sp³-hybridized carbons (Fsp3) is 0.688. The zero-order valence-electron chi connectivity index (χ0n) is 15.9. The van der Waals surface area contributed by atoms with Crippen molar-refractivity contribution in [1.82, 2.24) is 21.3 Å². The summed E-state index contributed by atoms with van der Waals surface area (Å²) in [5.74, 6) is -4.71. The first-order valence-electron chi connectivity index (χ1n) is 9.01. The molecule has 0 aliphatic carbocycles. The van der Waals surface area contributed by atoms with Crippen LogP contribution < -0.4 is 27.0 Å². The van der Waals surface area contributed by atoms with Crippen molar-refractivity contribution in [2.75, 3.05) is 12.3 Å². The number of carbonyl (C=O) groups excluding carboxylic acids is 4. The Bertz CT molecular complexity index is 639. The van der Waals surface area contributed by atoms with Gasteiger partial charge in [-0.1, -0.05) is 0 Å². The van der Waals surface area contributed by atoms with Crippen LogP contribution in [0.3, 0.4) is 0 Å². The van der Waals surface area contributed by atoms with Crippen LogP contribution in [0.1, 0.15) is 26.2 Å². The van der Waals surface area contributed by atoms with Gasteiger partial charge in [-0.3, -0.25) is 19.2 Å². The molecule has 1 aliphatic heterocycles. The molecule has 4 amide bonds. The fourth-order valence-corrected chi connectivity index (χ4v) is 2.96. The molecule has 8 N–H and O–H groups in total. The highest BCUT2D eigenvalue weighted by Crippen LogP contribution is 2.06. The van der Waals surface area contributed by atoms with Gasteiger partial charge in [0.25, 0.3) is 0 Å². The van der Waals surface area contributed by atoms with Crippen LogP contribution in [0.15, 0.2) is 0 Å². The van der Waals surface area contributed by atoms with Gasteiger partial charge in [-0.2, -0.15) is 12.6 Å². The number of hydrogen-bond acceptors (Lipinski definition) is 8. The molecule has 29 heavy (non-hydrogen) atoms. The summed E-state index contributed by atoms with van der Waals surface area (Å²) >= 11 is 4.03. The Balaban J connectivity index is 2.81. The van der Waals surface area contributed by atoms with E-state index in [0.717, 1.165) is 13.3 Å². The summed E-state index contributed by atoms with van der Waals surface area (Å²) in [6.45, 7) is 1.84. The van der Waals surface area contributed by atoms with Crippen LogP contribution in [0.2, 0.25) is 0 Å². The van der Waals surface area contributed by atoms with Crippen molar-refractivity contribution < 1.29 is 34.2 Å². The Labute approximate surface area is 172 Å². The maximum atomic E-state index is 12.5. The topological polar surface area (TPSA) is 200 Å². The third kappa shape index (κ3) is 7.87. The normalized spacial score (nSPS) is 20.0. The second-order valence-electron chi connectivity index (χ2n) is 6.69. The van der Waals surface area contributed by atoms with E-state index in [9.17, 15) is 29.1 Å². The molecule has 1 heterocycles. The number of carboxylic acid groups (broad SMARTS) is 1. The van der Waals surface area contributed by atoms with Gasteiger partial charge in [0.2, 0.25) is 23.6 Å². The minimum absolute atomic E-state index is 0.0827. The SMILES string of the molecule is CC(O)C(NC(=O)C(CC(N)=O)NC(=O)C(CS)NC(=O)C1CCCN1)C(=O)O. The molecule has 1 aliphatic rings. The molecule has 1 saturated heterocycles. The van der Waals surface area contributed by atoms with Crippen molar-refractivity contribution in [2.45, 2.75) is 56.5 Å². The smallest absolute Gasteiger partial charge is 0.328 e. The Hall–Kier alpha value is -2.38. The zero-order valence-corrected chi connectivity index (χ0v) is 16.8. The number of aliphatic carboxylic acids is 1. The summed E-state index contributed by atoms with van der Waals surface area (Å²) in [4.78, 5) is 59.4. The average Bonchev–Trinajstić information content (AvgIpc) is 3.16. The Morgan fingerprint density at radius 1 is 1.14 bits per heavy atom. The lowest BCUT2D eigenvalue weighted by Gasteiger charge is -2.24. The van der Waals surface area contributed by atoms with Crippen molar-refractivity contribution in [3.8, 4) is 0 Å². The highest BCUT2D eigenvalue weighted by atomic mass is 32.1. The molecule has 1 fully saturated rings. The molecule has 0 radical (unpaired) electrons. The van der Waals surface area contributed by atoms with Gasteiger partial charge in [0.15, 0.2) is 6.04 Å². The van der Waals surface area contributed by atoms with E-state index >= 15 is 0 Å². The molecular weight excluding hydrogens is 406 g/mol. The molecule has 12 nitrogen and oxygen atoms in total. The number of aliphatic hydroxyl groups excluding tert-OH is 1. The molecule has 5 unspecified atom stereocenters. The van der Waals surface area contributed by atoms with Crippen molar-refractivity contribution in [3.63, 3.8) is 0 Å². The third-order valence-electron chi connectivity index (χ3n) is 4.28. The summed E-state index contributed by atoms with van der Waals surface area (Å²) in [5.41, 5.74) is 5.10. The molecule has 0 aromatic carbocycles. The number of nitrogens with one attached hydrogen (secondary N) is 4. The number of primary amides is 1. The molecule has 164 valence electrons. The monoisotopic (exact) mass is 433 g/mol. The molecule has 13 heteroatoms. The second-order valence-corrected chi connectivity index (χ2v) is 7.05. The molecule has 0 aromatic heterocycles. The average molecular weight is 433 g/mol. The van der Waals surface area contributed by atoms with Crippen LogP contribution in [-0.4, -0.2) is 82.4 Å². The van der Waals surface area contributed by atoms with Crippen molar-refractivity contribution in [2.24, 2.45) is 5.73 Å². The lowest BCUT2D eigenvalue weighted by atomic mass is 10.1. The fourth-order valence-electron chi connectivity index (χ4n) is 2.70. The molecule has 1 rings (SSSR count). The number of aliphatic hydroxyl groups is 1. The van der Waals surface area contributed by atoms with E-state index in [1.807, 2.05) is 5.32 Å². The van der Waals surface area contributed by atoms with E-state index in [-0.39, 0.29) is 5.75 Å². The summed E-state index contributed by atoms with van der Waals surface area (Å²) in [7, 11) is 0. The third-order valence-corrected chi connectivity index (χ3v) is 4.64. The summed E-state index contributed by atoms with van der Waals surface area (Å²) in [5, 5.41) is 28.3. The van der Waals surface area contributed by atoms with E-state index < -0.39 is 66.3 Å². The Kier molecular flexibility index (Phi) is 9.85. The van der Waals surface area contributed by atoms with Crippen molar-refractivity contribution in [3.05, 3.63) is 0 Å². The Morgan fingerprint density at radius 3 is 2.21 bits per heavy atom. The van der Waals surface area contributed by atoms with E-state index in [1.54, 1.807) is 0 Å². The molecule has 0 aromatic rings. The van der Waals surface area contributed by atoms with Crippen LogP contribution in [-0.2, 0) is 24.0 Å². The standard InChI is InChI=1S/C16H27N5O7S/c1-7(22)12(16(27)28)21-14(25)9(5-11(17)23)19-15(26)10(6-29)20-13(24)8-3-2-4-18-8/h7-10,12,18,22,29H,2-6H2,1H3,(H2,17,23)(H,19,26)(H,20,24)(H,21,25)(H,27,28). The van der Waals surface area contributed by atoms with Crippen LogP contribution in [0.4, 0.5) is 0 Å². The van der Waals surface area contributed by atoms with Gasteiger partial charge >= 0.3 is 5.97 Å². The van der Waals surface area contributed by atoms with Crippen molar-refractivity contribution in [1.29, 1.82) is 0 Å². The molecular formula is C16H27N5O7S. The number of nitrogens with two attached hydrogens (primary N) is 1. The predicted molar refractivity (Wildman–Crippen MR) is 104 cm³/mol. The largest absolute Gasteiger partial charge is 0.480 e. The van der Waals surface area contributed by atoms with Crippen LogP contribution in [0, 0.1) is 0 Å². The number of rotatable bonds is 11. The number of carboxylic acids is 1. The van der Waals surface area contributed by atoms with Crippen LogP contribution in [0.5, 0.6) is 0 Å². The first-order chi connectivity index (χ1) is 13.6. The lowest BCUT2D eigenvalue weighted by molar-refractivity contribution is -0.145. The van der Waals surface area contributed by atoms with Gasteiger partial charge in [0.1, 0.15) is 12.1 Å². The van der Waals surface area contributed by atoms with E-state index in [4.69, 9.17) is 10.8 Å². The summed E-state index contributed by atoms with van der Waals surface area (Å²) in [6, 6.07) is -4.67. The quantitative estimate of drug-likeness (QED) is 0.153. The lowest BCUT2D eigenvalue weighted by Crippen LogP contribution is -2.59. The molecule has 0 bridgehead atoms. The van der Waals surface area contributed by atoms with Gasteiger partial charge in [-0.25, -0.2) is 4.79 Å². The second kappa shape index (κ2) is 11.6. The Morgan fingerprint density at radius 2 is 1.76 bits per heavy atom. The van der Waals surface area contributed by atoms with Crippen molar-refractivity contribution >= 4 is 42.2 Å². The molecule has 0 spiro atoms. The maximum absolute atomic E-state index is 12.5. The van der Waals surface area contributed by atoms with E-state index in [2.05, 4.69) is 28.6 Å². The minimum atomic E-state index is -1.65. The first-order valence-corrected chi connectivity index (χ1v) is 9.64. The van der Waals surface area contributed by atoms with Gasteiger partial charge in [-0.05, 0) is 26.3 Å². The van der Waals surface area contributed by atoms with Gasteiger partial charge < -0.3 is 37.2 Å². The van der Waals surface area contributed by atoms with Gasteiger partial charge in [0, 0.05) is 5.75 Å². The van der Waals surface area contributed by atoms with Crippen LogP contribution in [0.25, 0.3) is 0 Å². The highest BCUT2D eigenvalue weighted by molar-refractivity contribution is 7.80.